The van der Waals surface area contributed by atoms with Crippen molar-refractivity contribution in [1.82, 2.24) is 0 Å². The first-order valence-corrected chi connectivity index (χ1v) is 8.58. The van der Waals surface area contributed by atoms with Gasteiger partial charge in [-0.05, 0) is 22.8 Å². The Morgan fingerprint density at radius 1 is 1.00 bits per heavy atom. The molecule has 9 heteroatoms. The lowest BCUT2D eigenvalue weighted by Crippen LogP contribution is -1.98. The van der Waals surface area contributed by atoms with E-state index in [9.17, 15) is 20.2 Å². The molecule has 3 rings (SSSR count). The van der Waals surface area contributed by atoms with Crippen molar-refractivity contribution in [2.45, 2.75) is 13.8 Å². The molecular weight excluding hydrogens is 380 g/mol. The SMILES string of the molecule is COc1cc(/C=C(\C)[N+](=O)[O-])c(-c2ccccc2/C=C(\C)[N+](=O)[O-])c2c1OCO2. The summed E-state index contributed by atoms with van der Waals surface area (Å²) in [6.45, 7) is 2.74. The van der Waals surface area contributed by atoms with Gasteiger partial charge in [0.15, 0.2) is 11.5 Å². The molecule has 150 valence electrons. The maximum absolute atomic E-state index is 11.2. The van der Waals surface area contributed by atoms with Crippen molar-refractivity contribution in [2.24, 2.45) is 0 Å². The number of hydrogen-bond acceptors (Lipinski definition) is 7. The molecule has 0 bridgehead atoms. The molecule has 9 nitrogen and oxygen atoms in total. The highest BCUT2D eigenvalue weighted by Crippen LogP contribution is 2.50. The van der Waals surface area contributed by atoms with Gasteiger partial charge in [-0.1, -0.05) is 24.3 Å². The molecular formula is C20H18N2O7. The molecule has 0 saturated carbocycles. The van der Waals surface area contributed by atoms with Gasteiger partial charge < -0.3 is 14.2 Å². The van der Waals surface area contributed by atoms with Crippen molar-refractivity contribution in [1.29, 1.82) is 0 Å². The van der Waals surface area contributed by atoms with Crippen LogP contribution in [0.25, 0.3) is 23.3 Å². The van der Waals surface area contributed by atoms with Gasteiger partial charge in [-0.15, -0.1) is 0 Å². The Hall–Kier alpha value is -3.88. The first kappa shape index (κ1) is 19.9. The highest BCUT2D eigenvalue weighted by molar-refractivity contribution is 5.89. The molecule has 0 N–H and O–H groups in total. The van der Waals surface area contributed by atoms with E-state index in [-0.39, 0.29) is 18.2 Å². The molecule has 0 atom stereocenters. The summed E-state index contributed by atoms with van der Waals surface area (Å²) in [5.74, 6) is 1.12. The van der Waals surface area contributed by atoms with Crippen LogP contribution in [0.15, 0.2) is 41.7 Å². The van der Waals surface area contributed by atoms with Gasteiger partial charge >= 0.3 is 0 Å². The maximum Gasteiger partial charge on any atom is 0.243 e. The van der Waals surface area contributed by atoms with E-state index in [4.69, 9.17) is 14.2 Å². The molecule has 0 amide bonds. The molecule has 0 unspecified atom stereocenters. The summed E-state index contributed by atoms with van der Waals surface area (Å²) in [6.07, 6.45) is 2.84. The number of allylic oxidation sites excluding steroid dienone is 2. The lowest BCUT2D eigenvalue weighted by atomic mass is 9.92. The smallest absolute Gasteiger partial charge is 0.243 e. The standard InChI is InChI=1S/C20H18N2O7/c1-12(21(23)24)8-14-6-4-5-7-16(14)18-15(9-13(2)22(25)26)10-17(27-3)19-20(18)29-11-28-19/h4-10H,11H2,1-3H3/b12-8+,13-9+. The van der Waals surface area contributed by atoms with Gasteiger partial charge in [0, 0.05) is 31.6 Å². The average Bonchev–Trinajstić information content (AvgIpc) is 3.17. The van der Waals surface area contributed by atoms with Crippen molar-refractivity contribution >= 4 is 12.2 Å². The highest BCUT2D eigenvalue weighted by atomic mass is 16.7. The van der Waals surface area contributed by atoms with Gasteiger partial charge in [0.1, 0.15) is 0 Å². The fourth-order valence-electron chi connectivity index (χ4n) is 3.01. The van der Waals surface area contributed by atoms with Crippen molar-refractivity contribution in [3.05, 3.63) is 73.1 Å². The Morgan fingerprint density at radius 3 is 2.21 bits per heavy atom. The molecule has 1 aliphatic rings. The second kappa shape index (κ2) is 8.01. The first-order valence-electron chi connectivity index (χ1n) is 8.58. The maximum atomic E-state index is 11.2. The van der Waals surface area contributed by atoms with E-state index >= 15 is 0 Å². The molecule has 0 aliphatic carbocycles. The molecule has 0 fully saturated rings. The summed E-state index contributed by atoms with van der Waals surface area (Å²) >= 11 is 0. The highest BCUT2D eigenvalue weighted by Gasteiger charge is 2.28. The molecule has 2 aromatic rings. The largest absolute Gasteiger partial charge is 0.493 e. The van der Waals surface area contributed by atoms with Gasteiger partial charge in [-0.3, -0.25) is 20.2 Å². The zero-order chi connectivity index (χ0) is 21.1. The van der Waals surface area contributed by atoms with Crippen LogP contribution in [0.4, 0.5) is 0 Å². The number of fused-ring (bicyclic) bond motifs is 1. The van der Waals surface area contributed by atoms with Gasteiger partial charge in [-0.25, -0.2) is 0 Å². The fraction of sp³-hybridized carbons (Fsp3) is 0.200. The second-order valence-electron chi connectivity index (χ2n) is 6.28. The number of nitro groups is 2. The zero-order valence-electron chi connectivity index (χ0n) is 16.0. The van der Waals surface area contributed by atoms with Crippen LogP contribution in [0.2, 0.25) is 0 Å². The van der Waals surface area contributed by atoms with E-state index in [1.165, 1.54) is 33.1 Å². The molecule has 0 spiro atoms. The van der Waals surface area contributed by atoms with Gasteiger partial charge in [0.25, 0.3) is 0 Å². The van der Waals surface area contributed by atoms with Crippen LogP contribution in [-0.2, 0) is 0 Å². The van der Waals surface area contributed by atoms with Crippen LogP contribution >= 0.6 is 0 Å². The van der Waals surface area contributed by atoms with Crippen LogP contribution < -0.4 is 14.2 Å². The minimum Gasteiger partial charge on any atom is -0.493 e. The van der Waals surface area contributed by atoms with Crippen LogP contribution in [-0.4, -0.2) is 23.7 Å². The summed E-state index contributed by atoms with van der Waals surface area (Å²) in [5.41, 5.74) is 2.06. The van der Waals surface area contributed by atoms with Crippen LogP contribution in [0.1, 0.15) is 25.0 Å². The number of benzene rings is 2. The summed E-state index contributed by atoms with van der Waals surface area (Å²) in [6, 6.07) is 8.64. The monoisotopic (exact) mass is 398 g/mol. The third-order valence-electron chi connectivity index (χ3n) is 4.39. The van der Waals surface area contributed by atoms with Crippen molar-refractivity contribution < 1.29 is 24.1 Å². The van der Waals surface area contributed by atoms with Crippen molar-refractivity contribution in [2.75, 3.05) is 13.9 Å². The normalized spacial score (nSPS) is 13.3. The Balaban J connectivity index is 2.35. The van der Waals surface area contributed by atoms with Gasteiger partial charge in [0.2, 0.25) is 23.9 Å². The summed E-state index contributed by atoms with van der Waals surface area (Å²) in [4.78, 5) is 21.3. The molecule has 0 radical (unpaired) electrons. The Labute approximate surface area is 166 Å². The molecule has 0 aromatic heterocycles. The predicted octanol–water partition coefficient (Wildman–Crippen LogP) is 4.37. The van der Waals surface area contributed by atoms with E-state index in [1.807, 2.05) is 0 Å². The Kier molecular flexibility index (Phi) is 5.49. The summed E-state index contributed by atoms with van der Waals surface area (Å²) in [7, 11) is 1.46. The lowest BCUT2D eigenvalue weighted by molar-refractivity contribution is -0.422. The lowest BCUT2D eigenvalue weighted by Gasteiger charge is -2.15. The van der Waals surface area contributed by atoms with Crippen LogP contribution in [0.5, 0.6) is 17.2 Å². The Bertz CT molecular complexity index is 1060. The van der Waals surface area contributed by atoms with Crippen LogP contribution in [0.3, 0.4) is 0 Å². The average molecular weight is 398 g/mol. The van der Waals surface area contributed by atoms with Crippen molar-refractivity contribution in [3.8, 4) is 28.4 Å². The summed E-state index contributed by atoms with van der Waals surface area (Å²) in [5, 5.41) is 22.3. The third kappa shape index (κ3) is 3.88. The number of rotatable bonds is 6. The van der Waals surface area contributed by atoms with Crippen LogP contribution in [0, 0.1) is 20.2 Å². The fourth-order valence-corrected chi connectivity index (χ4v) is 3.01. The zero-order valence-corrected chi connectivity index (χ0v) is 16.0. The third-order valence-corrected chi connectivity index (χ3v) is 4.39. The summed E-state index contributed by atoms with van der Waals surface area (Å²) < 4.78 is 16.5. The van der Waals surface area contributed by atoms with E-state index in [0.29, 0.717) is 39.5 Å². The number of nitrogens with zero attached hydrogens (tertiary/aromatic N) is 2. The minimum atomic E-state index is -0.496. The number of methoxy groups -OCH3 is 1. The topological polar surface area (TPSA) is 114 Å². The molecule has 29 heavy (non-hydrogen) atoms. The molecule has 1 heterocycles. The first-order chi connectivity index (χ1) is 13.8. The van der Waals surface area contributed by atoms with E-state index in [2.05, 4.69) is 0 Å². The van der Waals surface area contributed by atoms with Gasteiger partial charge in [-0.2, -0.15) is 0 Å². The minimum absolute atomic E-state index is 0.0357. The van der Waals surface area contributed by atoms with E-state index < -0.39 is 9.85 Å². The molecule has 2 aromatic carbocycles. The van der Waals surface area contributed by atoms with E-state index in [1.54, 1.807) is 30.3 Å². The van der Waals surface area contributed by atoms with Gasteiger partial charge in [0.05, 0.1) is 17.0 Å². The quantitative estimate of drug-likeness (QED) is 0.524. The number of hydrogen-bond donors (Lipinski definition) is 0. The molecule has 1 aliphatic heterocycles. The Morgan fingerprint density at radius 2 is 1.59 bits per heavy atom. The number of ether oxygens (including phenoxy) is 3. The van der Waals surface area contributed by atoms with E-state index in [0.717, 1.165) is 0 Å². The predicted molar refractivity (Wildman–Crippen MR) is 106 cm³/mol. The second-order valence-corrected chi connectivity index (χ2v) is 6.28. The van der Waals surface area contributed by atoms with Crippen molar-refractivity contribution in [3.63, 3.8) is 0 Å². The molecule has 0 saturated heterocycles.